The fourth-order valence-corrected chi connectivity index (χ4v) is 7.83. The van der Waals surface area contributed by atoms with Crippen molar-refractivity contribution in [1.29, 1.82) is 0 Å². The Morgan fingerprint density at radius 2 is 2.04 bits per heavy atom. The molecule has 3 saturated heterocycles. The first-order valence-corrected chi connectivity index (χ1v) is 11.4. The standard InChI is InChI=1S/C20H33N3O4S/c1-4-5-8-22-18(26)16-20-12(2)11-13(28-20)14(17(25)21-3)15(20)19(27)23(16)9-6-7-10-24/h12-16,24H,4-11H2,1-3H3,(H,21,25)(H,22,26)/t12?,13-,14+,15-,16?,20?/m0/s1. The van der Waals surface area contributed by atoms with Crippen molar-refractivity contribution < 1.29 is 19.5 Å². The summed E-state index contributed by atoms with van der Waals surface area (Å²) in [7, 11) is 1.61. The van der Waals surface area contributed by atoms with Crippen LogP contribution in [0.1, 0.15) is 46.0 Å². The molecule has 0 aliphatic carbocycles. The number of thioether (sulfide) groups is 1. The van der Waals surface area contributed by atoms with Crippen LogP contribution in [-0.2, 0) is 14.4 Å². The van der Waals surface area contributed by atoms with E-state index in [9.17, 15) is 14.4 Å². The molecule has 3 amide bonds. The summed E-state index contributed by atoms with van der Waals surface area (Å²) in [6.07, 6.45) is 3.99. The number of unbranched alkanes of at least 4 members (excludes halogenated alkanes) is 2. The van der Waals surface area contributed by atoms with Gasteiger partial charge in [0.05, 0.1) is 16.6 Å². The van der Waals surface area contributed by atoms with Gasteiger partial charge in [0.1, 0.15) is 6.04 Å². The van der Waals surface area contributed by atoms with Crippen molar-refractivity contribution in [2.45, 2.75) is 62.0 Å². The van der Waals surface area contributed by atoms with E-state index in [-0.39, 0.29) is 41.4 Å². The Labute approximate surface area is 171 Å². The number of aliphatic hydroxyl groups excluding tert-OH is 1. The third-order valence-corrected chi connectivity index (χ3v) is 8.76. The van der Waals surface area contributed by atoms with Crippen molar-refractivity contribution in [2.24, 2.45) is 17.8 Å². The second kappa shape index (κ2) is 8.61. The molecule has 3 aliphatic heterocycles. The van der Waals surface area contributed by atoms with Crippen molar-refractivity contribution in [3.63, 3.8) is 0 Å². The van der Waals surface area contributed by atoms with E-state index < -0.39 is 16.7 Å². The van der Waals surface area contributed by atoms with Crippen LogP contribution in [-0.4, -0.2) is 70.5 Å². The number of likely N-dealkylation sites (tertiary alicyclic amines) is 1. The molecule has 0 radical (unpaired) electrons. The molecule has 0 aromatic carbocycles. The molecule has 3 heterocycles. The minimum absolute atomic E-state index is 0.0660. The number of hydrogen-bond donors (Lipinski definition) is 3. The van der Waals surface area contributed by atoms with Crippen LogP contribution in [0.15, 0.2) is 0 Å². The summed E-state index contributed by atoms with van der Waals surface area (Å²) in [4.78, 5) is 41.1. The number of amides is 3. The SMILES string of the molecule is CCCCNC(=O)C1N(CCCCO)C(=O)[C@@H]2[C@H](C(=O)NC)[C@@H]3CC(C)C12S3. The molecule has 8 heteroatoms. The molecule has 28 heavy (non-hydrogen) atoms. The maximum absolute atomic E-state index is 13.5. The molecular formula is C20H33N3O4S. The van der Waals surface area contributed by atoms with E-state index in [4.69, 9.17) is 5.11 Å². The van der Waals surface area contributed by atoms with Gasteiger partial charge in [-0.2, -0.15) is 0 Å². The number of aliphatic hydroxyl groups is 1. The molecule has 3 fully saturated rings. The first-order valence-electron chi connectivity index (χ1n) is 10.5. The molecule has 0 aromatic rings. The van der Waals surface area contributed by atoms with Gasteiger partial charge in [0, 0.05) is 32.0 Å². The molecule has 3 N–H and O–H groups in total. The van der Waals surface area contributed by atoms with Crippen molar-refractivity contribution >= 4 is 29.5 Å². The van der Waals surface area contributed by atoms with Gasteiger partial charge in [0.15, 0.2) is 0 Å². The van der Waals surface area contributed by atoms with E-state index in [1.165, 1.54) is 0 Å². The number of fused-ring (bicyclic) bond motifs is 1. The summed E-state index contributed by atoms with van der Waals surface area (Å²) >= 11 is 1.70. The Hall–Kier alpha value is -1.28. The minimum Gasteiger partial charge on any atom is -0.396 e. The lowest BCUT2D eigenvalue weighted by Crippen LogP contribution is -2.56. The number of nitrogens with zero attached hydrogens (tertiary/aromatic N) is 1. The van der Waals surface area contributed by atoms with Gasteiger partial charge in [0.25, 0.3) is 0 Å². The molecule has 7 nitrogen and oxygen atoms in total. The fraction of sp³-hybridized carbons (Fsp3) is 0.850. The largest absolute Gasteiger partial charge is 0.396 e. The highest BCUT2D eigenvalue weighted by molar-refractivity contribution is 8.02. The molecule has 1 spiro atoms. The monoisotopic (exact) mass is 411 g/mol. The zero-order valence-corrected chi connectivity index (χ0v) is 17.9. The van der Waals surface area contributed by atoms with Gasteiger partial charge in [-0.1, -0.05) is 20.3 Å². The molecule has 3 unspecified atom stereocenters. The highest BCUT2D eigenvalue weighted by atomic mass is 32.2. The Morgan fingerprint density at radius 1 is 1.29 bits per heavy atom. The molecule has 158 valence electrons. The smallest absolute Gasteiger partial charge is 0.244 e. The second-order valence-corrected chi connectivity index (χ2v) is 9.82. The average molecular weight is 412 g/mol. The van der Waals surface area contributed by atoms with Gasteiger partial charge in [-0.3, -0.25) is 14.4 Å². The number of rotatable bonds is 9. The molecule has 0 saturated carbocycles. The predicted molar refractivity (Wildman–Crippen MR) is 109 cm³/mol. The average Bonchev–Trinajstić information content (AvgIpc) is 3.26. The van der Waals surface area contributed by atoms with Crippen LogP contribution in [0.25, 0.3) is 0 Å². The van der Waals surface area contributed by atoms with Gasteiger partial charge in [-0.15, -0.1) is 11.8 Å². The number of nitrogens with one attached hydrogen (secondary N) is 2. The zero-order valence-electron chi connectivity index (χ0n) is 17.1. The highest BCUT2D eigenvalue weighted by Gasteiger charge is 2.75. The van der Waals surface area contributed by atoms with Gasteiger partial charge in [0.2, 0.25) is 17.7 Å². The normalized spacial score (nSPS) is 35.9. The Kier molecular flexibility index (Phi) is 6.59. The molecule has 3 rings (SSSR count). The molecule has 6 atom stereocenters. The van der Waals surface area contributed by atoms with E-state index in [1.54, 1.807) is 23.7 Å². The topological polar surface area (TPSA) is 98.7 Å². The van der Waals surface area contributed by atoms with E-state index in [1.807, 2.05) is 0 Å². The van der Waals surface area contributed by atoms with Crippen LogP contribution in [0, 0.1) is 17.8 Å². The summed E-state index contributed by atoms with van der Waals surface area (Å²) in [5, 5.41) is 15.0. The number of hydrogen-bond acceptors (Lipinski definition) is 5. The zero-order chi connectivity index (χ0) is 20.5. The van der Waals surface area contributed by atoms with E-state index in [0.29, 0.717) is 25.9 Å². The molecule has 2 bridgehead atoms. The lowest BCUT2D eigenvalue weighted by Gasteiger charge is -2.38. The fourth-order valence-electron chi connectivity index (χ4n) is 5.41. The quantitative estimate of drug-likeness (QED) is 0.487. The lowest BCUT2D eigenvalue weighted by molar-refractivity contribution is -0.140. The van der Waals surface area contributed by atoms with Crippen LogP contribution in [0.4, 0.5) is 0 Å². The van der Waals surface area contributed by atoms with Crippen molar-refractivity contribution in [3.8, 4) is 0 Å². The van der Waals surface area contributed by atoms with Crippen LogP contribution < -0.4 is 10.6 Å². The first kappa shape index (κ1) is 21.4. The van der Waals surface area contributed by atoms with E-state index >= 15 is 0 Å². The van der Waals surface area contributed by atoms with Crippen LogP contribution in [0.2, 0.25) is 0 Å². The van der Waals surface area contributed by atoms with Crippen molar-refractivity contribution in [3.05, 3.63) is 0 Å². The van der Waals surface area contributed by atoms with Gasteiger partial charge >= 0.3 is 0 Å². The minimum atomic E-state index is -0.541. The van der Waals surface area contributed by atoms with Crippen molar-refractivity contribution in [1.82, 2.24) is 15.5 Å². The molecule has 0 aromatic heterocycles. The van der Waals surface area contributed by atoms with Crippen molar-refractivity contribution in [2.75, 3.05) is 26.7 Å². The summed E-state index contributed by atoms with van der Waals surface area (Å²) in [6.45, 7) is 5.31. The van der Waals surface area contributed by atoms with Gasteiger partial charge in [-0.25, -0.2) is 0 Å². The van der Waals surface area contributed by atoms with Crippen LogP contribution in [0.5, 0.6) is 0 Å². The Balaban J connectivity index is 1.94. The summed E-state index contributed by atoms with van der Waals surface area (Å²) in [6, 6.07) is -0.541. The first-order chi connectivity index (χ1) is 13.4. The number of carbonyl (C=O) groups excluding carboxylic acids is 3. The van der Waals surface area contributed by atoms with E-state index in [0.717, 1.165) is 19.3 Å². The third-order valence-electron chi connectivity index (χ3n) is 6.68. The summed E-state index contributed by atoms with van der Waals surface area (Å²) in [5.74, 6) is -0.863. The van der Waals surface area contributed by atoms with Crippen LogP contribution in [0.3, 0.4) is 0 Å². The van der Waals surface area contributed by atoms with E-state index in [2.05, 4.69) is 24.5 Å². The van der Waals surface area contributed by atoms with Gasteiger partial charge in [-0.05, 0) is 31.6 Å². The number of carbonyl (C=O) groups is 3. The lowest BCUT2D eigenvalue weighted by atomic mass is 9.66. The Bertz CT molecular complexity index is 631. The third kappa shape index (κ3) is 3.22. The highest BCUT2D eigenvalue weighted by Crippen LogP contribution is 2.68. The molecule has 3 aliphatic rings. The maximum atomic E-state index is 13.5. The molecular weight excluding hydrogens is 378 g/mol. The maximum Gasteiger partial charge on any atom is 0.244 e. The summed E-state index contributed by atoms with van der Waals surface area (Å²) < 4.78 is -0.533. The summed E-state index contributed by atoms with van der Waals surface area (Å²) in [5.41, 5.74) is 0. The van der Waals surface area contributed by atoms with Gasteiger partial charge < -0.3 is 20.6 Å². The Morgan fingerprint density at radius 3 is 2.68 bits per heavy atom. The predicted octanol–water partition coefficient (Wildman–Crippen LogP) is 0.758. The second-order valence-electron chi connectivity index (χ2n) is 8.27. The van der Waals surface area contributed by atoms with Crippen LogP contribution >= 0.6 is 11.8 Å².